The first-order valence-corrected chi connectivity index (χ1v) is 15.7. The van der Waals surface area contributed by atoms with E-state index in [9.17, 15) is 14.4 Å². The van der Waals surface area contributed by atoms with E-state index in [2.05, 4.69) is 55.2 Å². The van der Waals surface area contributed by atoms with Crippen molar-refractivity contribution in [2.75, 3.05) is 53.2 Å². The summed E-state index contributed by atoms with van der Waals surface area (Å²) in [5.74, 6) is 1.07. The minimum atomic E-state index is -0.485. The summed E-state index contributed by atoms with van der Waals surface area (Å²) in [7, 11) is 2.10. The van der Waals surface area contributed by atoms with Crippen molar-refractivity contribution < 1.29 is 9.18 Å². The molecule has 1 aliphatic carbocycles. The Morgan fingerprint density at radius 3 is 2.56 bits per heavy atom. The Balaban J connectivity index is 1.28. The summed E-state index contributed by atoms with van der Waals surface area (Å²) in [6.07, 6.45) is 7.32. The quantitative estimate of drug-likeness (QED) is 0.311. The standard InChI is InChI=1S/C33H37FN10O/c1-20-4-6-25(7-5-20)43-21(2)32(45)44(26-8-9-28(22(15-26)17-35)42-12-10-41(3)11-13-42)29-19-36-33(39-31(29)43)38-24-14-23-18-37-40-30(23)27(34)16-24/h8-9,14-16,18-21,25H,4-7,10-13H2,1-3H3,(H,37,40)(H,36,38,39)/t20-,21-,25-/m1/s1. The molecule has 0 radical (unpaired) electrons. The van der Waals surface area contributed by atoms with Gasteiger partial charge in [0.2, 0.25) is 5.95 Å². The number of fused-ring (bicyclic) bond motifs is 2. The zero-order valence-electron chi connectivity index (χ0n) is 25.8. The van der Waals surface area contributed by atoms with Crippen LogP contribution >= 0.6 is 0 Å². The van der Waals surface area contributed by atoms with Gasteiger partial charge in [0.1, 0.15) is 23.3 Å². The molecule has 2 aromatic carbocycles. The Morgan fingerprint density at radius 2 is 1.80 bits per heavy atom. The zero-order valence-corrected chi connectivity index (χ0v) is 25.8. The number of nitrogens with zero attached hydrogens (tertiary/aromatic N) is 8. The third kappa shape index (κ3) is 5.31. The van der Waals surface area contributed by atoms with E-state index < -0.39 is 11.9 Å². The number of likely N-dealkylation sites (N-methyl/N-ethyl adjacent to an activating group) is 1. The van der Waals surface area contributed by atoms with Crippen molar-refractivity contribution in [2.24, 2.45) is 5.92 Å². The number of halogens is 1. The maximum Gasteiger partial charge on any atom is 0.254 e. The van der Waals surface area contributed by atoms with Gasteiger partial charge in [0, 0.05) is 43.3 Å². The van der Waals surface area contributed by atoms with Gasteiger partial charge < -0.3 is 20.0 Å². The van der Waals surface area contributed by atoms with Crippen molar-refractivity contribution in [3.8, 4) is 6.07 Å². The largest absolute Gasteiger partial charge is 0.368 e. The number of nitrogens with one attached hydrogen (secondary N) is 2. The van der Waals surface area contributed by atoms with Gasteiger partial charge in [0.25, 0.3) is 5.91 Å². The molecule has 0 bridgehead atoms. The van der Waals surface area contributed by atoms with Gasteiger partial charge in [-0.1, -0.05) is 6.92 Å². The number of amides is 1. The summed E-state index contributed by atoms with van der Waals surface area (Å²) in [5.41, 5.74) is 3.41. The molecule has 4 heterocycles. The third-order valence-electron chi connectivity index (χ3n) is 9.57. The van der Waals surface area contributed by atoms with Gasteiger partial charge in [-0.2, -0.15) is 15.3 Å². The van der Waals surface area contributed by atoms with Crippen LogP contribution in [0.4, 0.5) is 38.9 Å². The summed E-state index contributed by atoms with van der Waals surface area (Å²) in [6.45, 7) is 7.72. The smallest absolute Gasteiger partial charge is 0.254 e. The number of benzene rings is 2. The van der Waals surface area contributed by atoms with Crippen LogP contribution in [-0.2, 0) is 4.79 Å². The molecule has 1 saturated carbocycles. The molecule has 0 unspecified atom stereocenters. The molecule has 1 amide bonds. The lowest BCUT2D eigenvalue weighted by atomic mass is 9.85. The van der Waals surface area contributed by atoms with Crippen LogP contribution in [0.15, 0.2) is 42.7 Å². The fourth-order valence-corrected chi connectivity index (χ4v) is 6.95. The number of carbonyl (C=O) groups is 1. The third-order valence-corrected chi connectivity index (χ3v) is 9.57. The van der Waals surface area contributed by atoms with Crippen LogP contribution < -0.4 is 20.0 Å². The van der Waals surface area contributed by atoms with Crippen LogP contribution in [-0.4, -0.2) is 76.3 Å². The fraction of sp³-hybridized carbons (Fsp3) is 0.424. The number of rotatable bonds is 5. The molecule has 2 aliphatic heterocycles. The number of anilines is 6. The van der Waals surface area contributed by atoms with Gasteiger partial charge in [-0.05, 0) is 75.9 Å². The highest BCUT2D eigenvalue weighted by Gasteiger charge is 2.42. The predicted molar refractivity (Wildman–Crippen MR) is 173 cm³/mol. The summed E-state index contributed by atoms with van der Waals surface area (Å²) in [5, 5.41) is 20.6. The van der Waals surface area contributed by atoms with E-state index in [1.807, 2.05) is 19.1 Å². The lowest BCUT2D eigenvalue weighted by Gasteiger charge is -2.46. The number of nitriles is 1. The maximum absolute atomic E-state index is 14.7. The Hall–Kier alpha value is -4.76. The molecule has 4 aromatic rings. The molecule has 3 aliphatic rings. The van der Waals surface area contributed by atoms with E-state index >= 15 is 0 Å². The average molecular weight is 609 g/mol. The summed E-state index contributed by atoms with van der Waals surface area (Å²) in [4.78, 5) is 32.1. The summed E-state index contributed by atoms with van der Waals surface area (Å²) >= 11 is 0. The molecule has 12 heteroatoms. The molecular weight excluding hydrogens is 571 g/mol. The molecule has 0 spiro atoms. The van der Waals surface area contributed by atoms with Crippen LogP contribution in [0.3, 0.4) is 0 Å². The molecular formula is C33H37FN10O. The van der Waals surface area contributed by atoms with Crippen LogP contribution in [0.1, 0.15) is 45.1 Å². The highest BCUT2D eigenvalue weighted by Crippen LogP contribution is 2.44. The normalized spacial score (nSPS) is 22.4. The SMILES string of the molecule is C[C@@H]1C(=O)N(c2ccc(N3CCN(C)CC3)c(C#N)c2)c2cnc(Nc3cc(F)c4[nH]ncc4c3)nc2N1[C@H]1CC[C@H](C)CC1. The lowest BCUT2D eigenvalue weighted by molar-refractivity contribution is -0.119. The van der Waals surface area contributed by atoms with Crippen LogP contribution in [0, 0.1) is 23.1 Å². The van der Waals surface area contributed by atoms with Gasteiger partial charge in [-0.3, -0.25) is 14.8 Å². The lowest BCUT2D eigenvalue weighted by Crippen LogP contribution is -2.55. The highest BCUT2D eigenvalue weighted by molar-refractivity contribution is 6.10. The van der Waals surface area contributed by atoms with Gasteiger partial charge in [0.15, 0.2) is 11.6 Å². The van der Waals surface area contributed by atoms with Gasteiger partial charge in [0.05, 0.1) is 29.3 Å². The monoisotopic (exact) mass is 608 g/mol. The van der Waals surface area contributed by atoms with E-state index in [0.29, 0.717) is 51.2 Å². The van der Waals surface area contributed by atoms with Gasteiger partial charge in [-0.25, -0.2) is 9.37 Å². The molecule has 2 aromatic heterocycles. The molecule has 2 N–H and O–H groups in total. The average Bonchev–Trinajstić information content (AvgIpc) is 3.52. The minimum Gasteiger partial charge on any atom is -0.368 e. The van der Waals surface area contributed by atoms with Crippen LogP contribution in [0.5, 0.6) is 0 Å². The summed E-state index contributed by atoms with van der Waals surface area (Å²) in [6, 6.07) is 10.9. The Labute approximate surface area is 261 Å². The molecule has 2 fully saturated rings. The van der Waals surface area contributed by atoms with Crippen molar-refractivity contribution in [1.82, 2.24) is 25.1 Å². The minimum absolute atomic E-state index is 0.0888. The van der Waals surface area contributed by atoms with Crippen molar-refractivity contribution in [2.45, 2.75) is 51.6 Å². The molecule has 7 rings (SSSR count). The van der Waals surface area contributed by atoms with Crippen molar-refractivity contribution in [1.29, 1.82) is 5.26 Å². The highest BCUT2D eigenvalue weighted by atomic mass is 19.1. The van der Waals surface area contributed by atoms with E-state index in [1.54, 1.807) is 29.4 Å². The number of piperazine rings is 1. The second kappa shape index (κ2) is 11.6. The van der Waals surface area contributed by atoms with E-state index in [1.165, 1.54) is 6.07 Å². The number of H-pyrrole nitrogens is 1. The number of aromatic amines is 1. The second-order valence-corrected chi connectivity index (χ2v) is 12.6. The van der Waals surface area contributed by atoms with Crippen LogP contribution in [0.25, 0.3) is 10.9 Å². The molecule has 11 nitrogen and oxygen atoms in total. The van der Waals surface area contributed by atoms with Gasteiger partial charge in [-0.15, -0.1) is 0 Å². The molecule has 232 valence electrons. The topological polar surface area (TPSA) is 120 Å². The Morgan fingerprint density at radius 1 is 1.02 bits per heavy atom. The zero-order chi connectivity index (χ0) is 31.2. The Bertz CT molecular complexity index is 1780. The van der Waals surface area contributed by atoms with Crippen molar-refractivity contribution in [3.63, 3.8) is 0 Å². The first-order valence-electron chi connectivity index (χ1n) is 15.7. The van der Waals surface area contributed by atoms with E-state index in [4.69, 9.17) is 4.98 Å². The van der Waals surface area contributed by atoms with Crippen molar-refractivity contribution >= 4 is 51.3 Å². The van der Waals surface area contributed by atoms with Crippen LogP contribution in [0.2, 0.25) is 0 Å². The van der Waals surface area contributed by atoms with E-state index in [-0.39, 0.29) is 11.9 Å². The molecule has 1 saturated heterocycles. The van der Waals surface area contributed by atoms with Crippen molar-refractivity contribution in [3.05, 3.63) is 54.1 Å². The first-order chi connectivity index (χ1) is 21.8. The Kier molecular flexibility index (Phi) is 7.49. The number of aromatic nitrogens is 4. The maximum atomic E-state index is 14.7. The van der Waals surface area contributed by atoms with Gasteiger partial charge >= 0.3 is 0 Å². The summed E-state index contributed by atoms with van der Waals surface area (Å²) < 4.78 is 14.7. The fourth-order valence-electron chi connectivity index (χ4n) is 6.95. The molecule has 1 atom stereocenters. The van der Waals surface area contributed by atoms with E-state index in [0.717, 1.165) is 57.5 Å². The number of carbonyl (C=O) groups excluding carboxylic acids is 1. The predicted octanol–water partition coefficient (Wildman–Crippen LogP) is 5.31. The molecule has 45 heavy (non-hydrogen) atoms. The second-order valence-electron chi connectivity index (χ2n) is 12.6. The number of hydrogen-bond acceptors (Lipinski definition) is 9. The number of hydrogen-bond donors (Lipinski definition) is 2. The first kappa shape index (κ1) is 29.0.